The van der Waals surface area contributed by atoms with Crippen molar-refractivity contribution in [2.24, 2.45) is 0 Å². The molecular formula is C26H27BCl2N2O5. The summed E-state index contributed by atoms with van der Waals surface area (Å²) in [7, 11) is 0.691. The molecule has 1 N–H and O–H groups in total. The molecule has 0 radical (unpaired) electrons. The van der Waals surface area contributed by atoms with E-state index < -0.39 is 36.2 Å². The van der Waals surface area contributed by atoms with Gasteiger partial charge in [-0.25, -0.2) is 4.79 Å². The fraction of sp³-hybridized carbons (Fsp3) is 0.346. The lowest BCUT2D eigenvalue weighted by Crippen LogP contribution is -2.43. The van der Waals surface area contributed by atoms with Gasteiger partial charge in [0.15, 0.2) is 0 Å². The number of hydrogen-bond donors (Lipinski definition) is 1. The van der Waals surface area contributed by atoms with E-state index in [2.05, 4.69) is 10.3 Å². The van der Waals surface area contributed by atoms with Gasteiger partial charge in [0.05, 0.1) is 39.4 Å². The lowest BCUT2D eigenvalue weighted by molar-refractivity contribution is -0.142. The highest BCUT2D eigenvalue weighted by molar-refractivity contribution is 6.65. The van der Waals surface area contributed by atoms with Crippen LogP contribution in [0.4, 0.5) is 0 Å². The summed E-state index contributed by atoms with van der Waals surface area (Å²) in [5.41, 5.74) is 1.35. The van der Waals surface area contributed by atoms with E-state index >= 15 is 0 Å². The molecule has 1 atom stereocenters. The summed E-state index contributed by atoms with van der Waals surface area (Å²) in [4.78, 5) is 30.2. The van der Waals surface area contributed by atoms with Crippen molar-refractivity contribution in [3.63, 3.8) is 0 Å². The minimum Gasteiger partial charge on any atom is -0.467 e. The van der Waals surface area contributed by atoms with Gasteiger partial charge in [0, 0.05) is 18.0 Å². The minimum absolute atomic E-state index is 0.0915. The second-order valence-corrected chi connectivity index (χ2v) is 10.5. The Kier molecular flexibility index (Phi) is 7.35. The van der Waals surface area contributed by atoms with Crippen LogP contribution in [-0.4, -0.2) is 48.3 Å². The SMILES string of the molecule is COC(=O)[C@H](Cc1ccc(B2OC(C)(C)C(C)(C)O2)c2cccnc12)NC(=O)c1c(Cl)cccc1Cl. The number of benzene rings is 2. The molecule has 0 aliphatic carbocycles. The van der Waals surface area contributed by atoms with E-state index in [9.17, 15) is 9.59 Å². The summed E-state index contributed by atoms with van der Waals surface area (Å²) in [5, 5.41) is 3.91. The van der Waals surface area contributed by atoms with Crippen LogP contribution in [0.2, 0.25) is 10.0 Å². The van der Waals surface area contributed by atoms with Gasteiger partial charge in [0.1, 0.15) is 6.04 Å². The maximum atomic E-state index is 13.0. The number of esters is 1. The summed E-state index contributed by atoms with van der Waals surface area (Å²) in [6.07, 6.45) is 1.81. The Hall–Kier alpha value is -2.65. The fourth-order valence-electron chi connectivity index (χ4n) is 4.09. The van der Waals surface area contributed by atoms with Gasteiger partial charge in [-0.05, 0) is 56.9 Å². The Morgan fingerprint density at radius 2 is 1.67 bits per heavy atom. The highest BCUT2D eigenvalue weighted by atomic mass is 35.5. The van der Waals surface area contributed by atoms with Crippen molar-refractivity contribution >= 4 is 58.6 Å². The topological polar surface area (TPSA) is 86.8 Å². The Morgan fingerprint density at radius 3 is 2.28 bits per heavy atom. The van der Waals surface area contributed by atoms with Crippen LogP contribution in [0.15, 0.2) is 48.7 Å². The highest BCUT2D eigenvalue weighted by Gasteiger charge is 2.52. The number of pyridine rings is 1. The number of nitrogens with one attached hydrogen (secondary N) is 1. The van der Waals surface area contributed by atoms with Crippen molar-refractivity contribution in [3.05, 3.63) is 69.8 Å². The third-order valence-corrected chi connectivity index (χ3v) is 7.43. The first-order valence-electron chi connectivity index (χ1n) is 11.5. The number of aromatic nitrogens is 1. The van der Waals surface area contributed by atoms with Crippen molar-refractivity contribution < 1.29 is 23.6 Å². The summed E-state index contributed by atoms with van der Waals surface area (Å²) in [6, 6.07) is 11.3. The zero-order chi connectivity index (χ0) is 26.3. The molecule has 10 heteroatoms. The number of carbonyl (C=O) groups excluding carboxylic acids is 2. The number of hydrogen-bond acceptors (Lipinski definition) is 6. The first-order chi connectivity index (χ1) is 16.9. The molecule has 1 saturated heterocycles. The van der Waals surface area contributed by atoms with Crippen molar-refractivity contribution in [2.45, 2.75) is 51.4 Å². The van der Waals surface area contributed by atoms with E-state index in [-0.39, 0.29) is 22.0 Å². The van der Waals surface area contributed by atoms with E-state index in [0.29, 0.717) is 5.52 Å². The number of ether oxygens (including phenoxy) is 1. The van der Waals surface area contributed by atoms with Crippen LogP contribution in [0, 0.1) is 0 Å². The minimum atomic E-state index is -0.997. The molecule has 4 rings (SSSR count). The Labute approximate surface area is 220 Å². The van der Waals surface area contributed by atoms with Crippen molar-refractivity contribution in [2.75, 3.05) is 7.11 Å². The molecule has 2 heterocycles. The van der Waals surface area contributed by atoms with Gasteiger partial charge in [-0.3, -0.25) is 9.78 Å². The molecular weight excluding hydrogens is 502 g/mol. The van der Waals surface area contributed by atoms with Crippen LogP contribution in [-0.2, 0) is 25.3 Å². The lowest BCUT2D eigenvalue weighted by atomic mass is 9.76. The highest BCUT2D eigenvalue weighted by Crippen LogP contribution is 2.37. The second kappa shape index (κ2) is 10.0. The van der Waals surface area contributed by atoms with Crippen LogP contribution < -0.4 is 10.8 Å². The first-order valence-corrected chi connectivity index (χ1v) is 12.3. The van der Waals surface area contributed by atoms with E-state index in [4.69, 9.17) is 37.2 Å². The van der Waals surface area contributed by atoms with Crippen LogP contribution in [0.3, 0.4) is 0 Å². The lowest BCUT2D eigenvalue weighted by Gasteiger charge is -2.32. The normalized spacial score (nSPS) is 17.1. The monoisotopic (exact) mass is 528 g/mol. The van der Waals surface area contributed by atoms with Gasteiger partial charge in [0.2, 0.25) is 0 Å². The molecule has 1 amide bonds. The molecule has 1 aromatic heterocycles. The standard InChI is InChI=1S/C26H27BCl2N2O5/c1-25(2)26(3,4)36-27(35-25)17-12-11-15(22-16(17)8-7-13-30-22)14-20(24(33)34-5)31-23(32)21-18(28)9-6-10-19(21)29/h6-13,20H,14H2,1-5H3,(H,31,32)/t20-/m0/s1. The molecule has 1 aliphatic rings. The summed E-state index contributed by atoms with van der Waals surface area (Å²) < 4.78 is 17.5. The van der Waals surface area contributed by atoms with Crippen molar-refractivity contribution in [3.8, 4) is 0 Å². The van der Waals surface area contributed by atoms with E-state index in [1.807, 2.05) is 52.0 Å². The molecule has 0 bridgehead atoms. The third kappa shape index (κ3) is 4.96. The molecule has 188 valence electrons. The van der Waals surface area contributed by atoms with Crippen LogP contribution in [0.1, 0.15) is 43.6 Å². The summed E-state index contributed by atoms with van der Waals surface area (Å²) in [6.45, 7) is 7.99. The maximum absolute atomic E-state index is 13.0. The number of carbonyl (C=O) groups is 2. The Morgan fingerprint density at radius 1 is 1.03 bits per heavy atom. The molecule has 7 nitrogen and oxygen atoms in total. The predicted octanol–water partition coefficient (Wildman–Crippen LogP) is 4.35. The number of rotatable bonds is 6. The van der Waals surface area contributed by atoms with Crippen molar-refractivity contribution in [1.82, 2.24) is 10.3 Å². The van der Waals surface area contributed by atoms with Gasteiger partial charge in [0.25, 0.3) is 5.91 Å². The summed E-state index contributed by atoms with van der Waals surface area (Å²) in [5.74, 6) is -1.18. The van der Waals surface area contributed by atoms with Gasteiger partial charge in [-0.2, -0.15) is 0 Å². The van der Waals surface area contributed by atoms with Gasteiger partial charge in [-0.15, -0.1) is 0 Å². The quantitative estimate of drug-likeness (QED) is 0.378. The van der Waals surface area contributed by atoms with Gasteiger partial charge in [-0.1, -0.05) is 47.5 Å². The number of nitrogens with zero attached hydrogens (tertiary/aromatic N) is 1. The Balaban J connectivity index is 1.67. The van der Waals surface area contributed by atoms with E-state index in [1.54, 1.807) is 24.4 Å². The number of amides is 1. The maximum Gasteiger partial charge on any atom is 0.495 e. The second-order valence-electron chi connectivity index (χ2n) is 9.65. The molecule has 36 heavy (non-hydrogen) atoms. The van der Waals surface area contributed by atoms with E-state index in [0.717, 1.165) is 16.4 Å². The molecule has 3 aromatic rings. The predicted molar refractivity (Wildman–Crippen MR) is 141 cm³/mol. The van der Waals surface area contributed by atoms with E-state index in [1.165, 1.54) is 7.11 Å². The van der Waals surface area contributed by atoms with Crippen LogP contribution >= 0.6 is 23.2 Å². The zero-order valence-corrected chi connectivity index (χ0v) is 22.2. The summed E-state index contributed by atoms with van der Waals surface area (Å²) >= 11 is 12.4. The number of methoxy groups -OCH3 is 1. The molecule has 1 fully saturated rings. The van der Waals surface area contributed by atoms with Crippen LogP contribution in [0.25, 0.3) is 10.9 Å². The molecule has 0 unspecified atom stereocenters. The van der Waals surface area contributed by atoms with Gasteiger partial charge < -0.3 is 19.4 Å². The molecule has 0 spiro atoms. The first kappa shape index (κ1) is 26.4. The Bertz CT molecular complexity index is 1290. The number of fused-ring (bicyclic) bond motifs is 1. The average Bonchev–Trinajstić information content (AvgIpc) is 3.04. The average molecular weight is 529 g/mol. The molecule has 2 aromatic carbocycles. The fourth-order valence-corrected chi connectivity index (χ4v) is 4.66. The molecule has 0 saturated carbocycles. The molecule has 1 aliphatic heterocycles. The largest absolute Gasteiger partial charge is 0.495 e. The number of halogens is 2. The van der Waals surface area contributed by atoms with Crippen LogP contribution in [0.5, 0.6) is 0 Å². The smallest absolute Gasteiger partial charge is 0.467 e. The van der Waals surface area contributed by atoms with Crippen molar-refractivity contribution in [1.29, 1.82) is 0 Å². The zero-order valence-electron chi connectivity index (χ0n) is 20.7. The van der Waals surface area contributed by atoms with Gasteiger partial charge >= 0.3 is 13.1 Å². The third-order valence-electron chi connectivity index (χ3n) is 6.80.